The third-order valence-electron chi connectivity index (χ3n) is 4.50. The summed E-state index contributed by atoms with van der Waals surface area (Å²) in [7, 11) is 3.53. The summed E-state index contributed by atoms with van der Waals surface area (Å²) < 4.78 is 11.0. The first-order valence-electron chi connectivity index (χ1n) is 7.87. The van der Waals surface area contributed by atoms with Gasteiger partial charge in [0.1, 0.15) is 0 Å². The Hall–Kier alpha value is -0.940. The van der Waals surface area contributed by atoms with Crippen LogP contribution in [0, 0.1) is 0 Å². The third kappa shape index (κ3) is 4.04. The molecule has 1 N–H and O–H groups in total. The van der Waals surface area contributed by atoms with Gasteiger partial charge in [0.25, 0.3) is 0 Å². The molecule has 1 aliphatic heterocycles. The number of nitrogens with one attached hydrogen (secondary N) is 1. The summed E-state index contributed by atoms with van der Waals surface area (Å²) >= 11 is 0. The Morgan fingerprint density at radius 2 is 1.57 bits per heavy atom. The topological polar surface area (TPSA) is 33.7 Å². The lowest BCUT2D eigenvalue weighted by Crippen LogP contribution is -2.27. The fourth-order valence-electron chi connectivity index (χ4n) is 2.97. The van der Waals surface area contributed by atoms with Crippen LogP contribution in [0.2, 0.25) is 0 Å². The van der Waals surface area contributed by atoms with E-state index in [2.05, 4.69) is 34.5 Å². The van der Waals surface area contributed by atoms with Crippen LogP contribution in [-0.2, 0) is 22.6 Å². The van der Waals surface area contributed by atoms with Gasteiger partial charge >= 0.3 is 0 Å². The quantitative estimate of drug-likeness (QED) is 0.830. The molecule has 1 aromatic rings. The highest BCUT2D eigenvalue weighted by Gasteiger charge is 2.32. The Labute approximate surface area is 127 Å². The second kappa shape index (κ2) is 6.88. The first kappa shape index (κ1) is 15.0. The van der Waals surface area contributed by atoms with E-state index in [1.165, 1.54) is 24.0 Å². The summed E-state index contributed by atoms with van der Waals surface area (Å²) in [6, 6.07) is 9.73. The van der Waals surface area contributed by atoms with Gasteiger partial charge in [0, 0.05) is 46.4 Å². The Kier molecular flexibility index (Phi) is 4.91. The molecule has 0 radical (unpaired) electrons. The van der Waals surface area contributed by atoms with Crippen LogP contribution < -0.4 is 5.32 Å². The van der Waals surface area contributed by atoms with E-state index in [0.717, 1.165) is 32.2 Å². The molecule has 2 atom stereocenters. The van der Waals surface area contributed by atoms with Crippen molar-refractivity contribution in [2.24, 2.45) is 0 Å². The molecule has 3 rings (SSSR count). The fourth-order valence-corrected chi connectivity index (χ4v) is 2.97. The van der Waals surface area contributed by atoms with E-state index in [1.54, 1.807) is 14.2 Å². The Bertz CT molecular complexity index is 433. The Morgan fingerprint density at radius 1 is 1.00 bits per heavy atom. The second-order valence-electron chi connectivity index (χ2n) is 6.21. The monoisotopic (exact) mass is 290 g/mol. The van der Waals surface area contributed by atoms with Crippen molar-refractivity contribution in [3.05, 3.63) is 35.4 Å². The fraction of sp³-hybridized carbons (Fsp3) is 0.647. The van der Waals surface area contributed by atoms with Crippen molar-refractivity contribution in [2.45, 2.75) is 44.2 Å². The lowest BCUT2D eigenvalue weighted by molar-refractivity contribution is -0.00461. The molecule has 116 valence electrons. The number of methoxy groups -OCH3 is 2. The van der Waals surface area contributed by atoms with Crippen molar-refractivity contribution >= 4 is 0 Å². The molecule has 0 aromatic heterocycles. The third-order valence-corrected chi connectivity index (χ3v) is 4.50. The molecular weight excluding hydrogens is 264 g/mol. The van der Waals surface area contributed by atoms with Crippen LogP contribution in [-0.4, -0.2) is 50.5 Å². The molecule has 1 saturated carbocycles. The molecule has 1 aliphatic carbocycles. The van der Waals surface area contributed by atoms with Gasteiger partial charge in [-0.3, -0.25) is 4.90 Å². The second-order valence-corrected chi connectivity index (χ2v) is 6.21. The number of likely N-dealkylation sites (tertiary alicyclic amines) is 1. The molecule has 4 nitrogen and oxygen atoms in total. The van der Waals surface area contributed by atoms with Crippen molar-refractivity contribution in [1.29, 1.82) is 0 Å². The number of hydrogen-bond acceptors (Lipinski definition) is 4. The minimum atomic E-state index is 0.192. The van der Waals surface area contributed by atoms with Gasteiger partial charge in [0.05, 0.1) is 12.2 Å². The molecule has 1 saturated heterocycles. The van der Waals surface area contributed by atoms with E-state index in [0.29, 0.717) is 0 Å². The maximum absolute atomic E-state index is 5.49. The normalized spacial score (nSPS) is 26.4. The van der Waals surface area contributed by atoms with Crippen LogP contribution >= 0.6 is 0 Å². The van der Waals surface area contributed by atoms with Gasteiger partial charge in [0.2, 0.25) is 0 Å². The molecule has 21 heavy (non-hydrogen) atoms. The highest BCUT2D eigenvalue weighted by atomic mass is 16.5. The Balaban J connectivity index is 1.50. The molecule has 4 heteroatoms. The van der Waals surface area contributed by atoms with E-state index in [-0.39, 0.29) is 12.2 Å². The first-order chi connectivity index (χ1) is 10.3. The van der Waals surface area contributed by atoms with E-state index < -0.39 is 0 Å². The maximum Gasteiger partial charge on any atom is 0.0971 e. The number of nitrogens with zero attached hydrogens (tertiary/aromatic N) is 1. The van der Waals surface area contributed by atoms with Crippen LogP contribution in [0.4, 0.5) is 0 Å². The van der Waals surface area contributed by atoms with Crippen molar-refractivity contribution in [3.63, 3.8) is 0 Å². The lowest BCUT2D eigenvalue weighted by atomic mass is 10.1. The molecule has 2 aliphatic rings. The zero-order chi connectivity index (χ0) is 14.7. The zero-order valence-electron chi connectivity index (χ0n) is 13.0. The van der Waals surface area contributed by atoms with Gasteiger partial charge in [-0.25, -0.2) is 0 Å². The highest BCUT2D eigenvalue weighted by molar-refractivity contribution is 5.22. The predicted molar refractivity (Wildman–Crippen MR) is 83.2 cm³/mol. The van der Waals surface area contributed by atoms with Gasteiger partial charge in [0.15, 0.2) is 0 Å². The highest BCUT2D eigenvalue weighted by Crippen LogP contribution is 2.20. The summed E-state index contributed by atoms with van der Waals surface area (Å²) in [5.74, 6) is 0. The molecule has 2 unspecified atom stereocenters. The molecule has 2 fully saturated rings. The number of hydrogen-bond donors (Lipinski definition) is 1. The van der Waals surface area contributed by atoms with Crippen LogP contribution in [0.25, 0.3) is 0 Å². The average molecular weight is 290 g/mol. The average Bonchev–Trinajstić information content (AvgIpc) is 3.26. The molecule has 0 amide bonds. The summed E-state index contributed by atoms with van der Waals surface area (Å²) in [5, 5.41) is 3.55. The molecular formula is C17H26N2O2. The smallest absolute Gasteiger partial charge is 0.0971 e. The Morgan fingerprint density at radius 3 is 2.10 bits per heavy atom. The summed E-state index contributed by atoms with van der Waals surface area (Å²) in [5.41, 5.74) is 2.73. The first-order valence-corrected chi connectivity index (χ1v) is 7.87. The SMILES string of the molecule is COC1CN(Cc2ccc(CNC3CC3)cc2)CC1OC. The van der Waals surface area contributed by atoms with Crippen molar-refractivity contribution < 1.29 is 9.47 Å². The van der Waals surface area contributed by atoms with Gasteiger partial charge in [-0.05, 0) is 24.0 Å². The summed E-state index contributed by atoms with van der Waals surface area (Å²) in [6.45, 7) is 3.85. The number of rotatable bonds is 7. The standard InChI is InChI=1S/C17H26N2O2/c1-20-16-11-19(12-17(16)21-2)10-14-5-3-13(4-6-14)9-18-15-7-8-15/h3-6,15-18H,7-12H2,1-2H3. The van der Waals surface area contributed by atoms with Crippen LogP contribution in [0.1, 0.15) is 24.0 Å². The van der Waals surface area contributed by atoms with Gasteiger partial charge in [-0.2, -0.15) is 0 Å². The van der Waals surface area contributed by atoms with Crippen LogP contribution in [0.3, 0.4) is 0 Å². The van der Waals surface area contributed by atoms with Gasteiger partial charge < -0.3 is 14.8 Å². The minimum Gasteiger partial charge on any atom is -0.377 e. The van der Waals surface area contributed by atoms with E-state index in [4.69, 9.17) is 9.47 Å². The number of benzene rings is 1. The van der Waals surface area contributed by atoms with E-state index >= 15 is 0 Å². The van der Waals surface area contributed by atoms with Crippen molar-refractivity contribution in [2.75, 3.05) is 27.3 Å². The van der Waals surface area contributed by atoms with Gasteiger partial charge in [-0.15, -0.1) is 0 Å². The maximum atomic E-state index is 5.49. The molecule has 1 aromatic carbocycles. The van der Waals surface area contributed by atoms with Gasteiger partial charge in [-0.1, -0.05) is 24.3 Å². The predicted octanol–water partition coefficient (Wildman–Crippen LogP) is 1.78. The summed E-state index contributed by atoms with van der Waals surface area (Å²) in [4.78, 5) is 2.40. The summed E-state index contributed by atoms with van der Waals surface area (Å²) in [6.07, 6.45) is 3.07. The molecule has 0 spiro atoms. The van der Waals surface area contributed by atoms with E-state index in [9.17, 15) is 0 Å². The van der Waals surface area contributed by atoms with Crippen molar-refractivity contribution in [3.8, 4) is 0 Å². The lowest BCUT2D eigenvalue weighted by Gasteiger charge is -2.15. The number of ether oxygens (including phenoxy) is 2. The molecule has 1 heterocycles. The minimum absolute atomic E-state index is 0.192. The largest absolute Gasteiger partial charge is 0.377 e. The van der Waals surface area contributed by atoms with Crippen molar-refractivity contribution in [1.82, 2.24) is 10.2 Å². The van der Waals surface area contributed by atoms with E-state index in [1.807, 2.05) is 0 Å². The van der Waals surface area contributed by atoms with Crippen LogP contribution in [0.5, 0.6) is 0 Å². The van der Waals surface area contributed by atoms with Crippen LogP contribution in [0.15, 0.2) is 24.3 Å². The zero-order valence-corrected chi connectivity index (χ0v) is 13.0. The molecule has 0 bridgehead atoms.